The molecule has 2 saturated heterocycles. The number of methoxy groups -OCH3 is 1. The predicted octanol–water partition coefficient (Wildman–Crippen LogP) is 0.633. The lowest BCUT2D eigenvalue weighted by Crippen LogP contribution is -2.45. The van der Waals surface area contributed by atoms with Gasteiger partial charge in [-0.25, -0.2) is 8.42 Å². The van der Waals surface area contributed by atoms with E-state index < -0.39 is 10.0 Å². The first-order valence-electron chi connectivity index (χ1n) is 10.7. The van der Waals surface area contributed by atoms with E-state index in [1.807, 2.05) is 6.92 Å². The van der Waals surface area contributed by atoms with Crippen LogP contribution in [0.3, 0.4) is 0 Å². The number of likely N-dealkylation sites (tertiary alicyclic amines) is 1. The van der Waals surface area contributed by atoms with E-state index in [0.717, 1.165) is 12.8 Å². The lowest BCUT2D eigenvalue weighted by Gasteiger charge is -2.32. The number of rotatable bonds is 7. The Morgan fingerprint density at radius 3 is 2.65 bits per heavy atom. The van der Waals surface area contributed by atoms with E-state index in [1.165, 1.54) is 17.5 Å². The molecule has 0 saturated carbocycles. The third-order valence-electron chi connectivity index (χ3n) is 5.67. The maximum absolute atomic E-state index is 13.1. The summed E-state index contributed by atoms with van der Waals surface area (Å²) in [4.78, 5) is 26.8. The molecule has 0 spiro atoms. The second kappa shape index (κ2) is 10.4. The van der Waals surface area contributed by atoms with Crippen LogP contribution in [0.5, 0.6) is 5.75 Å². The lowest BCUT2D eigenvalue weighted by atomic mass is 9.96. The summed E-state index contributed by atoms with van der Waals surface area (Å²) in [5.41, 5.74) is 0.595. The Balaban J connectivity index is 1.75. The molecule has 0 radical (unpaired) electrons. The molecule has 10 heteroatoms. The highest BCUT2D eigenvalue weighted by atomic mass is 32.2. The second-order valence-corrected chi connectivity index (χ2v) is 9.66. The third kappa shape index (κ3) is 5.55. The Labute approximate surface area is 183 Å². The normalized spacial score (nSPS) is 20.3. The summed E-state index contributed by atoms with van der Waals surface area (Å²) in [6.07, 6.45) is 1.60. The van der Waals surface area contributed by atoms with Crippen molar-refractivity contribution in [2.75, 3.05) is 53.0 Å². The molecule has 2 amide bonds. The molecule has 1 atom stereocenters. The summed E-state index contributed by atoms with van der Waals surface area (Å²) in [6.45, 7) is 4.69. The summed E-state index contributed by atoms with van der Waals surface area (Å²) >= 11 is 0. The summed E-state index contributed by atoms with van der Waals surface area (Å²) in [6, 6.07) is 4.82. The van der Waals surface area contributed by atoms with Crippen molar-refractivity contribution in [2.45, 2.75) is 31.1 Å². The largest absolute Gasteiger partial charge is 0.495 e. The van der Waals surface area contributed by atoms with E-state index in [2.05, 4.69) is 5.32 Å². The predicted molar refractivity (Wildman–Crippen MR) is 114 cm³/mol. The molecule has 31 heavy (non-hydrogen) atoms. The van der Waals surface area contributed by atoms with Crippen molar-refractivity contribution in [3.05, 3.63) is 23.8 Å². The second-order valence-electron chi connectivity index (χ2n) is 7.75. The molecule has 1 N–H and O–H groups in total. The maximum atomic E-state index is 13.1. The smallest absolute Gasteiger partial charge is 0.246 e. The van der Waals surface area contributed by atoms with Gasteiger partial charge in [0, 0.05) is 32.7 Å². The fourth-order valence-corrected chi connectivity index (χ4v) is 5.60. The van der Waals surface area contributed by atoms with Crippen LogP contribution < -0.4 is 10.1 Å². The lowest BCUT2D eigenvalue weighted by molar-refractivity contribution is -0.135. The number of carbonyl (C=O) groups excluding carboxylic acids is 2. The zero-order valence-electron chi connectivity index (χ0n) is 18.1. The first-order valence-corrected chi connectivity index (χ1v) is 12.1. The van der Waals surface area contributed by atoms with Crippen molar-refractivity contribution >= 4 is 21.8 Å². The van der Waals surface area contributed by atoms with E-state index in [-0.39, 0.29) is 47.9 Å². The number of nitrogens with zero attached hydrogens (tertiary/aromatic N) is 2. The summed E-state index contributed by atoms with van der Waals surface area (Å²) in [7, 11) is -2.34. The number of piperidine rings is 1. The number of benzene rings is 1. The molecular formula is C21H31N3O6S. The maximum Gasteiger partial charge on any atom is 0.246 e. The minimum absolute atomic E-state index is 0.0247. The van der Waals surface area contributed by atoms with Gasteiger partial charge in [-0.15, -0.1) is 0 Å². The van der Waals surface area contributed by atoms with Crippen molar-refractivity contribution in [3.63, 3.8) is 0 Å². The van der Waals surface area contributed by atoms with Gasteiger partial charge in [0.15, 0.2) is 0 Å². The minimum Gasteiger partial charge on any atom is -0.495 e. The number of carbonyl (C=O) groups is 2. The van der Waals surface area contributed by atoms with E-state index in [9.17, 15) is 18.0 Å². The van der Waals surface area contributed by atoms with Crippen LogP contribution in [0.2, 0.25) is 0 Å². The van der Waals surface area contributed by atoms with Gasteiger partial charge in [0.2, 0.25) is 21.8 Å². The standard InChI is InChI=1S/C21H31N3O6S/c1-3-22-21(26)17-5-4-8-23(15-17)20(25)14-16-6-7-18(29-2)19(13-16)31(27,28)24-9-11-30-12-10-24/h6-7,13,17H,3-5,8-12,14-15H2,1-2H3,(H,22,26). The number of ether oxygens (including phenoxy) is 2. The highest BCUT2D eigenvalue weighted by Crippen LogP contribution is 2.29. The summed E-state index contributed by atoms with van der Waals surface area (Å²) in [5, 5.41) is 2.82. The van der Waals surface area contributed by atoms with E-state index in [0.29, 0.717) is 38.4 Å². The topological polar surface area (TPSA) is 105 Å². The average Bonchev–Trinajstić information content (AvgIpc) is 2.80. The molecule has 9 nitrogen and oxygen atoms in total. The molecule has 2 aliphatic heterocycles. The van der Waals surface area contributed by atoms with Crippen molar-refractivity contribution in [2.24, 2.45) is 5.92 Å². The van der Waals surface area contributed by atoms with Crippen LogP contribution in [0.15, 0.2) is 23.1 Å². The Morgan fingerprint density at radius 1 is 1.23 bits per heavy atom. The molecule has 1 aromatic carbocycles. The number of morpholine rings is 1. The van der Waals surface area contributed by atoms with E-state index in [4.69, 9.17) is 9.47 Å². The molecule has 2 heterocycles. The van der Waals surface area contributed by atoms with Crippen molar-refractivity contribution in [3.8, 4) is 5.75 Å². The van der Waals surface area contributed by atoms with Gasteiger partial charge in [-0.05, 0) is 37.5 Å². The van der Waals surface area contributed by atoms with Gasteiger partial charge in [-0.2, -0.15) is 4.31 Å². The fourth-order valence-electron chi connectivity index (χ4n) is 3.98. The first-order chi connectivity index (χ1) is 14.9. The van der Waals surface area contributed by atoms with Gasteiger partial charge >= 0.3 is 0 Å². The zero-order valence-corrected chi connectivity index (χ0v) is 18.9. The molecule has 0 aliphatic carbocycles. The highest BCUT2D eigenvalue weighted by molar-refractivity contribution is 7.89. The van der Waals surface area contributed by atoms with Crippen LogP contribution in [-0.2, 0) is 30.8 Å². The molecule has 0 bridgehead atoms. The first kappa shape index (κ1) is 23.5. The van der Waals surface area contributed by atoms with E-state index in [1.54, 1.807) is 17.0 Å². The number of amides is 2. The molecule has 1 unspecified atom stereocenters. The Morgan fingerprint density at radius 2 is 1.97 bits per heavy atom. The zero-order chi connectivity index (χ0) is 22.4. The third-order valence-corrected chi connectivity index (χ3v) is 7.59. The van der Waals surface area contributed by atoms with Gasteiger partial charge in [-0.3, -0.25) is 9.59 Å². The quantitative estimate of drug-likeness (QED) is 0.649. The van der Waals surface area contributed by atoms with Crippen molar-refractivity contribution in [1.29, 1.82) is 0 Å². The van der Waals surface area contributed by atoms with Gasteiger partial charge in [-0.1, -0.05) is 6.07 Å². The van der Waals surface area contributed by atoms with Gasteiger partial charge in [0.05, 0.1) is 32.7 Å². The van der Waals surface area contributed by atoms with Crippen LogP contribution in [0, 0.1) is 5.92 Å². The molecule has 2 fully saturated rings. The Bertz CT molecular complexity index is 898. The van der Waals surface area contributed by atoms with Crippen LogP contribution in [0.4, 0.5) is 0 Å². The summed E-state index contributed by atoms with van der Waals surface area (Å²) < 4.78 is 38.2. The van der Waals surface area contributed by atoms with Crippen LogP contribution in [-0.4, -0.2) is 82.5 Å². The highest BCUT2D eigenvalue weighted by Gasteiger charge is 2.31. The Kier molecular flexibility index (Phi) is 7.90. The molecular weight excluding hydrogens is 422 g/mol. The van der Waals surface area contributed by atoms with Crippen LogP contribution in [0.1, 0.15) is 25.3 Å². The fraction of sp³-hybridized carbons (Fsp3) is 0.619. The average molecular weight is 454 g/mol. The van der Waals surface area contributed by atoms with Crippen molar-refractivity contribution < 1.29 is 27.5 Å². The summed E-state index contributed by atoms with van der Waals surface area (Å²) in [5.74, 6) is -0.0973. The SMILES string of the molecule is CCNC(=O)C1CCCN(C(=O)Cc2ccc(OC)c(S(=O)(=O)N3CCOCC3)c2)C1. The molecule has 172 valence electrons. The number of nitrogens with one attached hydrogen (secondary N) is 1. The van der Waals surface area contributed by atoms with E-state index >= 15 is 0 Å². The molecule has 0 aromatic heterocycles. The number of sulfonamides is 1. The number of hydrogen-bond acceptors (Lipinski definition) is 6. The molecule has 1 aromatic rings. The Hall–Kier alpha value is -2.17. The van der Waals surface area contributed by atoms with Gasteiger partial charge in [0.25, 0.3) is 0 Å². The van der Waals surface area contributed by atoms with Gasteiger partial charge < -0.3 is 19.7 Å². The van der Waals surface area contributed by atoms with Crippen molar-refractivity contribution in [1.82, 2.24) is 14.5 Å². The minimum atomic E-state index is -3.76. The van der Waals surface area contributed by atoms with Gasteiger partial charge in [0.1, 0.15) is 10.6 Å². The molecule has 3 rings (SSSR count). The van der Waals surface area contributed by atoms with Crippen LogP contribution >= 0.6 is 0 Å². The van der Waals surface area contributed by atoms with Crippen LogP contribution in [0.25, 0.3) is 0 Å². The monoisotopic (exact) mass is 453 g/mol. The molecule has 2 aliphatic rings. The number of hydrogen-bond donors (Lipinski definition) is 1.